The van der Waals surface area contributed by atoms with Crippen LogP contribution >= 0.6 is 0 Å². The number of amides is 1. The van der Waals surface area contributed by atoms with Crippen molar-refractivity contribution in [3.8, 4) is 5.88 Å². The molecule has 92 valence electrons. The Bertz CT molecular complexity index is 404. The largest absolute Gasteiger partial charge is 0.480 e. The maximum absolute atomic E-state index is 11.8. The first-order valence-corrected chi connectivity index (χ1v) is 5.67. The first-order valence-electron chi connectivity index (χ1n) is 5.67. The number of carbonyl (C=O) groups excluding carboxylic acids is 1. The predicted molar refractivity (Wildman–Crippen MR) is 61.9 cm³/mol. The molecule has 0 radical (unpaired) electrons. The number of carbonyl (C=O) groups is 1. The third-order valence-corrected chi connectivity index (χ3v) is 2.85. The SMILES string of the molecule is COc1ncccc1C(=O)NCC(O)C1CC1. The van der Waals surface area contributed by atoms with E-state index in [9.17, 15) is 9.90 Å². The fourth-order valence-electron chi connectivity index (χ4n) is 1.67. The summed E-state index contributed by atoms with van der Waals surface area (Å²) in [6.45, 7) is 0.279. The highest BCUT2D eigenvalue weighted by molar-refractivity contribution is 5.96. The van der Waals surface area contributed by atoms with Crippen molar-refractivity contribution in [3.63, 3.8) is 0 Å². The van der Waals surface area contributed by atoms with Crippen molar-refractivity contribution in [1.82, 2.24) is 10.3 Å². The van der Waals surface area contributed by atoms with Gasteiger partial charge in [-0.05, 0) is 30.9 Å². The van der Waals surface area contributed by atoms with Gasteiger partial charge in [-0.1, -0.05) is 0 Å². The van der Waals surface area contributed by atoms with Gasteiger partial charge in [-0.15, -0.1) is 0 Å². The highest BCUT2D eigenvalue weighted by Crippen LogP contribution is 2.32. The molecule has 17 heavy (non-hydrogen) atoms. The fraction of sp³-hybridized carbons (Fsp3) is 0.500. The molecule has 1 aliphatic rings. The Labute approximate surface area is 99.8 Å². The Morgan fingerprint density at radius 3 is 3.12 bits per heavy atom. The van der Waals surface area contributed by atoms with E-state index >= 15 is 0 Å². The Hall–Kier alpha value is -1.62. The number of methoxy groups -OCH3 is 1. The van der Waals surface area contributed by atoms with Crippen LogP contribution in [0.15, 0.2) is 18.3 Å². The molecule has 5 nitrogen and oxygen atoms in total. The van der Waals surface area contributed by atoms with Crippen molar-refractivity contribution in [3.05, 3.63) is 23.9 Å². The summed E-state index contributed by atoms with van der Waals surface area (Å²) in [5, 5.41) is 12.3. The van der Waals surface area contributed by atoms with Gasteiger partial charge in [-0.2, -0.15) is 0 Å². The highest BCUT2D eigenvalue weighted by Gasteiger charge is 2.29. The van der Waals surface area contributed by atoms with E-state index in [2.05, 4.69) is 10.3 Å². The molecule has 1 unspecified atom stereocenters. The third-order valence-electron chi connectivity index (χ3n) is 2.85. The average Bonchev–Trinajstić information content (AvgIpc) is 3.19. The number of nitrogens with one attached hydrogen (secondary N) is 1. The van der Waals surface area contributed by atoms with Crippen molar-refractivity contribution in [2.24, 2.45) is 5.92 Å². The van der Waals surface area contributed by atoms with Gasteiger partial charge >= 0.3 is 0 Å². The van der Waals surface area contributed by atoms with Gasteiger partial charge in [0.1, 0.15) is 5.56 Å². The van der Waals surface area contributed by atoms with Gasteiger partial charge in [0, 0.05) is 12.7 Å². The zero-order valence-corrected chi connectivity index (χ0v) is 9.72. The minimum Gasteiger partial charge on any atom is -0.480 e. The highest BCUT2D eigenvalue weighted by atomic mass is 16.5. The number of hydrogen-bond donors (Lipinski definition) is 2. The van der Waals surface area contributed by atoms with Gasteiger partial charge in [-0.3, -0.25) is 4.79 Å². The summed E-state index contributed by atoms with van der Waals surface area (Å²) in [6, 6.07) is 3.32. The monoisotopic (exact) mass is 236 g/mol. The molecule has 2 N–H and O–H groups in total. The Morgan fingerprint density at radius 2 is 2.47 bits per heavy atom. The van der Waals surface area contributed by atoms with E-state index in [1.54, 1.807) is 18.3 Å². The quantitative estimate of drug-likeness (QED) is 0.785. The number of hydrogen-bond acceptors (Lipinski definition) is 4. The molecule has 1 aromatic rings. The van der Waals surface area contributed by atoms with Gasteiger partial charge in [0.25, 0.3) is 5.91 Å². The van der Waals surface area contributed by atoms with E-state index in [4.69, 9.17) is 4.74 Å². The van der Waals surface area contributed by atoms with Crippen molar-refractivity contribution in [2.45, 2.75) is 18.9 Å². The summed E-state index contributed by atoms with van der Waals surface area (Å²) in [7, 11) is 1.47. The van der Waals surface area contributed by atoms with Gasteiger partial charge in [0.05, 0.1) is 13.2 Å². The number of rotatable bonds is 5. The van der Waals surface area contributed by atoms with E-state index in [1.807, 2.05) is 0 Å². The van der Waals surface area contributed by atoms with Gasteiger partial charge in [0.2, 0.25) is 5.88 Å². The Morgan fingerprint density at radius 1 is 1.71 bits per heavy atom. The lowest BCUT2D eigenvalue weighted by molar-refractivity contribution is 0.0897. The fourth-order valence-corrected chi connectivity index (χ4v) is 1.67. The summed E-state index contributed by atoms with van der Waals surface area (Å²) in [5.74, 6) is 0.381. The summed E-state index contributed by atoms with van der Waals surface area (Å²) in [6.07, 6.45) is 3.22. The first-order chi connectivity index (χ1) is 8.22. The Kier molecular flexibility index (Phi) is 3.58. The lowest BCUT2D eigenvalue weighted by Crippen LogP contribution is -2.33. The number of nitrogens with zero attached hydrogens (tertiary/aromatic N) is 1. The molecule has 1 fully saturated rings. The number of aliphatic hydroxyl groups is 1. The number of aromatic nitrogens is 1. The number of aliphatic hydroxyl groups excluding tert-OH is 1. The van der Waals surface area contributed by atoms with Crippen LogP contribution in [0.2, 0.25) is 0 Å². The van der Waals surface area contributed by atoms with E-state index in [1.165, 1.54) is 7.11 Å². The van der Waals surface area contributed by atoms with Crippen LogP contribution in [0, 0.1) is 5.92 Å². The molecule has 1 aliphatic carbocycles. The number of pyridine rings is 1. The summed E-state index contributed by atoms with van der Waals surface area (Å²) < 4.78 is 5.00. The van der Waals surface area contributed by atoms with E-state index in [-0.39, 0.29) is 12.5 Å². The summed E-state index contributed by atoms with van der Waals surface area (Å²) >= 11 is 0. The maximum Gasteiger partial charge on any atom is 0.256 e. The molecule has 0 bridgehead atoms. The lowest BCUT2D eigenvalue weighted by atomic mass is 10.2. The average molecular weight is 236 g/mol. The summed E-state index contributed by atoms with van der Waals surface area (Å²) in [4.78, 5) is 15.8. The minimum absolute atomic E-state index is 0.269. The molecule has 0 aromatic carbocycles. The molecule has 0 spiro atoms. The Balaban J connectivity index is 1.94. The molecule has 1 amide bonds. The van der Waals surface area contributed by atoms with E-state index in [0.29, 0.717) is 17.4 Å². The van der Waals surface area contributed by atoms with Gasteiger partial charge in [0.15, 0.2) is 0 Å². The van der Waals surface area contributed by atoms with Crippen LogP contribution in [-0.4, -0.2) is 35.8 Å². The standard InChI is InChI=1S/C12H16N2O3/c1-17-12-9(3-2-6-13-12)11(16)14-7-10(15)8-4-5-8/h2-3,6,8,10,15H,4-5,7H2,1H3,(H,14,16). The molecular formula is C12H16N2O3. The van der Waals surface area contributed by atoms with Crippen LogP contribution in [0.3, 0.4) is 0 Å². The zero-order valence-electron chi connectivity index (χ0n) is 9.72. The molecule has 1 saturated carbocycles. The van der Waals surface area contributed by atoms with Crippen LogP contribution in [0.5, 0.6) is 5.88 Å². The minimum atomic E-state index is -0.443. The molecule has 0 aliphatic heterocycles. The molecule has 1 atom stereocenters. The second kappa shape index (κ2) is 5.14. The second-order valence-corrected chi connectivity index (χ2v) is 4.18. The lowest BCUT2D eigenvalue weighted by Gasteiger charge is -2.11. The topological polar surface area (TPSA) is 71.5 Å². The first kappa shape index (κ1) is 11.9. The van der Waals surface area contributed by atoms with Gasteiger partial charge in [-0.25, -0.2) is 4.98 Å². The van der Waals surface area contributed by atoms with Crippen LogP contribution in [0.4, 0.5) is 0 Å². The molecule has 2 rings (SSSR count). The van der Waals surface area contributed by atoms with Crippen molar-refractivity contribution in [1.29, 1.82) is 0 Å². The van der Waals surface area contributed by atoms with Crippen molar-refractivity contribution in [2.75, 3.05) is 13.7 Å². The van der Waals surface area contributed by atoms with Crippen LogP contribution in [-0.2, 0) is 0 Å². The zero-order chi connectivity index (χ0) is 12.3. The van der Waals surface area contributed by atoms with Crippen LogP contribution in [0.25, 0.3) is 0 Å². The predicted octanol–water partition coefficient (Wildman–Crippen LogP) is 0.591. The smallest absolute Gasteiger partial charge is 0.256 e. The maximum atomic E-state index is 11.8. The normalized spacial score (nSPS) is 16.4. The third kappa shape index (κ3) is 2.94. The van der Waals surface area contributed by atoms with E-state index < -0.39 is 6.10 Å². The second-order valence-electron chi connectivity index (χ2n) is 4.18. The summed E-state index contributed by atoms with van der Waals surface area (Å²) in [5.41, 5.74) is 0.387. The van der Waals surface area contributed by atoms with Crippen LogP contribution in [0.1, 0.15) is 23.2 Å². The van der Waals surface area contributed by atoms with E-state index in [0.717, 1.165) is 12.8 Å². The molecule has 0 saturated heterocycles. The molecule has 5 heteroatoms. The molecular weight excluding hydrogens is 220 g/mol. The molecule has 1 heterocycles. The molecule has 1 aromatic heterocycles. The van der Waals surface area contributed by atoms with Crippen LogP contribution < -0.4 is 10.1 Å². The van der Waals surface area contributed by atoms with Crippen molar-refractivity contribution >= 4 is 5.91 Å². The van der Waals surface area contributed by atoms with Crippen molar-refractivity contribution < 1.29 is 14.6 Å². The number of ether oxygens (including phenoxy) is 1. The van der Waals surface area contributed by atoms with Gasteiger partial charge < -0.3 is 15.2 Å².